The molecule has 150 valence electrons. The van der Waals surface area contributed by atoms with Gasteiger partial charge in [0.1, 0.15) is 5.60 Å². The molecule has 2 heterocycles. The minimum absolute atomic E-state index is 0.0613. The minimum atomic E-state index is -0.366. The average Bonchev–Trinajstić information content (AvgIpc) is 3.33. The van der Waals surface area contributed by atoms with E-state index in [9.17, 15) is 0 Å². The number of hydrogen-bond acceptors (Lipinski definition) is 2. The number of hydrogen-bond donors (Lipinski definition) is 0. The normalized spacial score (nSPS) is 37.3. The maximum atomic E-state index is 7.29. The molecule has 2 nitrogen and oxygen atoms in total. The van der Waals surface area contributed by atoms with Crippen molar-refractivity contribution >= 4 is 0 Å². The van der Waals surface area contributed by atoms with E-state index in [0.29, 0.717) is 5.92 Å². The summed E-state index contributed by atoms with van der Waals surface area (Å²) >= 11 is 0. The summed E-state index contributed by atoms with van der Waals surface area (Å²) in [4.78, 5) is 0. The average molecular weight is 387 g/mol. The van der Waals surface area contributed by atoms with Crippen molar-refractivity contribution in [2.24, 2.45) is 11.3 Å². The number of fused-ring (bicyclic) bond motifs is 1. The second-order valence-electron chi connectivity index (χ2n) is 9.94. The Morgan fingerprint density at radius 2 is 1.55 bits per heavy atom. The van der Waals surface area contributed by atoms with Crippen molar-refractivity contribution in [1.29, 1.82) is 0 Å². The SMILES string of the molecule is CC1(C)O[C@@]2(c3ccccc3)C3=C(CCCC3)C[C@@]23[C@@H]1CO[C@H]3c1ccccc1. The molecule has 2 aromatic carbocycles. The molecule has 0 saturated carbocycles. The van der Waals surface area contributed by atoms with Crippen molar-refractivity contribution in [3.05, 3.63) is 82.9 Å². The van der Waals surface area contributed by atoms with Crippen LogP contribution in [0, 0.1) is 11.3 Å². The van der Waals surface area contributed by atoms with E-state index in [2.05, 4.69) is 74.5 Å². The van der Waals surface area contributed by atoms with Crippen LogP contribution >= 0.6 is 0 Å². The van der Waals surface area contributed by atoms with Gasteiger partial charge >= 0.3 is 0 Å². The Labute approximate surface area is 173 Å². The Bertz CT molecular complexity index is 961. The Morgan fingerprint density at radius 3 is 2.31 bits per heavy atom. The smallest absolute Gasteiger partial charge is 0.124 e. The highest BCUT2D eigenvalue weighted by Crippen LogP contribution is 2.77. The zero-order chi connectivity index (χ0) is 19.7. The van der Waals surface area contributed by atoms with Gasteiger partial charge in [0.05, 0.1) is 18.3 Å². The van der Waals surface area contributed by atoms with Gasteiger partial charge < -0.3 is 9.47 Å². The van der Waals surface area contributed by atoms with Gasteiger partial charge in [0.2, 0.25) is 0 Å². The summed E-state index contributed by atoms with van der Waals surface area (Å²) in [6, 6.07) is 22.0. The largest absolute Gasteiger partial charge is 0.372 e. The molecule has 1 spiro atoms. The van der Waals surface area contributed by atoms with Crippen molar-refractivity contribution in [2.45, 2.75) is 63.3 Å². The summed E-state index contributed by atoms with van der Waals surface area (Å²) in [6.45, 7) is 5.37. The van der Waals surface area contributed by atoms with E-state index in [1.165, 1.54) is 30.4 Å². The molecule has 0 aromatic heterocycles. The van der Waals surface area contributed by atoms with Crippen LogP contribution in [0.15, 0.2) is 71.8 Å². The summed E-state index contributed by atoms with van der Waals surface area (Å²) in [6.07, 6.45) is 6.16. The van der Waals surface area contributed by atoms with Crippen LogP contribution in [0.5, 0.6) is 0 Å². The third kappa shape index (κ3) is 2.14. The molecule has 2 aliphatic carbocycles. The molecule has 0 amide bonds. The van der Waals surface area contributed by atoms with E-state index in [1.54, 1.807) is 11.1 Å². The zero-order valence-corrected chi connectivity index (χ0v) is 17.5. The maximum Gasteiger partial charge on any atom is 0.124 e. The lowest BCUT2D eigenvalue weighted by molar-refractivity contribution is -0.132. The van der Waals surface area contributed by atoms with Gasteiger partial charge in [-0.25, -0.2) is 0 Å². The van der Waals surface area contributed by atoms with E-state index in [4.69, 9.17) is 9.47 Å². The summed E-state index contributed by atoms with van der Waals surface area (Å²) in [5.41, 5.74) is 5.23. The van der Waals surface area contributed by atoms with Gasteiger partial charge in [-0.3, -0.25) is 0 Å². The Hall–Kier alpha value is -1.90. The highest BCUT2D eigenvalue weighted by Gasteiger charge is 2.77. The number of rotatable bonds is 2. The Balaban J connectivity index is 1.65. The van der Waals surface area contributed by atoms with E-state index >= 15 is 0 Å². The van der Waals surface area contributed by atoms with Gasteiger partial charge in [-0.05, 0) is 62.7 Å². The molecule has 0 bridgehead atoms. The third-order valence-electron chi connectivity index (χ3n) is 8.23. The molecule has 2 heteroatoms. The van der Waals surface area contributed by atoms with Gasteiger partial charge in [-0.15, -0.1) is 0 Å². The molecule has 4 atom stereocenters. The fourth-order valence-electron chi connectivity index (χ4n) is 7.30. The molecule has 2 aromatic rings. The second kappa shape index (κ2) is 6.06. The van der Waals surface area contributed by atoms with Gasteiger partial charge in [0.25, 0.3) is 0 Å². The number of allylic oxidation sites excluding steroid dienone is 1. The minimum Gasteiger partial charge on any atom is -0.372 e. The van der Waals surface area contributed by atoms with Gasteiger partial charge in [-0.1, -0.05) is 66.2 Å². The Morgan fingerprint density at radius 1 is 0.862 bits per heavy atom. The molecule has 2 saturated heterocycles. The Kier molecular flexibility index (Phi) is 3.74. The van der Waals surface area contributed by atoms with Gasteiger partial charge in [0, 0.05) is 11.3 Å². The standard InChI is InChI=1S/C27H30O2/c1-25(2)23-18-28-24(19-11-5-3-6-12-19)26(23)17-20-13-9-10-16-22(20)27(26,29-25)21-14-7-4-8-15-21/h3-8,11-12,14-15,23-24H,9-10,13,16-18H2,1-2H3/t23-,24+,26+,27+/m1/s1. The summed E-state index contributed by atoms with van der Waals surface area (Å²) in [7, 11) is 0. The molecular weight excluding hydrogens is 356 g/mol. The molecule has 4 aliphatic rings. The summed E-state index contributed by atoms with van der Waals surface area (Å²) in [5, 5.41) is 0. The number of benzene rings is 2. The lowest BCUT2D eigenvalue weighted by atomic mass is 9.58. The molecule has 2 fully saturated rings. The zero-order valence-electron chi connectivity index (χ0n) is 17.5. The van der Waals surface area contributed by atoms with E-state index in [1.807, 2.05) is 0 Å². The molecule has 0 N–H and O–H groups in total. The van der Waals surface area contributed by atoms with Crippen LogP contribution < -0.4 is 0 Å². The molecule has 2 aliphatic heterocycles. The molecule has 0 unspecified atom stereocenters. The van der Waals surface area contributed by atoms with Crippen LogP contribution in [0.4, 0.5) is 0 Å². The topological polar surface area (TPSA) is 18.5 Å². The lowest BCUT2D eigenvalue weighted by Crippen LogP contribution is -2.45. The van der Waals surface area contributed by atoms with Crippen LogP contribution in [0.1, 0.15) is 63.2 Å². The first kappa shape index (κ1) is 17.9. The summed E-state index contributed by atoms with van der Waals surface area (Å²) < 4.78 is 14.0. The van der Waals surface area contributed by atoms with E-state index in [0.717, 1.165) is 19.4 Å². The highest BCUT2D eigenvalue weighted by molar-refractivity contribution is 5.51. The van der Waals surface area contributed by atoms with Crippen molar-refractivity contribution in [2.75, 3.05) is 6.61 Å². The predicted molar refractivity (Wildman–Crippen MR) is 114 cm³/mol. The van der Waals surface area contributed by atoms with Gasteiger partial charge in [0.15, 0.2) is 0 Å². The van der Waals surface area contributed by atoms with Crippen LogP contribution in [0.25, 0.3) is 0 Å². The van der Waals surface area contributed by atoms with Crippen LogP contribution in [-0.4, -0.2) is 12.2 Å². The first-order valence-electron chi connectivity index (χ1n) is 11.2. The molecule has 0 radical (unpaired) electrons. The van der Waals surface area contributed by atoms with Crippen molar-refractivity contribution in [3.63, 3.8) is 0 Å². The predicted octanol–water partition coefficient (Wildman–Crippen LogP) is 6.34. The molecule has 6 rings (SSSR count). The van der Waals surface area contributed by atoms with Gasteiger partial charge in [-0.2, -0.15) is 0 Å². The quantitative estimate of drug-likeness (QED) is 0.561. The summed E-state index contributed by atoms with van der Waals surface area (Å²) in [5.74, 6) is 0.381. The maximum absolute atomic E-state index is 7.29. The van der Waals surface area contributed by atoms with E-state index in [-0.39, 0.29) is 22.7 Å². The fraction of sp³-hybridized carbons (Fsp3) is 0.481. The molecule has 29 heavy (non-hydrogen) atoms. The van der Waals surface area contributed by atoms with Crippen molar-refractivity contribution in [3.8, 4) is 0 Å². The fourth-order valence-corrected chi connectivity index (χ4v) is 7.30. The number of ether oxygens (including phenoxy) is 2. The van der Waals surface area contributed by atoms with E-state index < -0.39 is 0 Å². The first-order chi connectivity index (χ1) is 14.1. The third-order valence-corrected chi connectivity index (χ3v) is 8.23. The molecular formula is C27H30O2. The van der Waals surface area contributed by atoms with Crippen molar-refractivity contribution < 1.29 is 9.47 Å². The highest BCUT2D eigenvalue weighted by atomic mass is 16.6. The van der Waals surface area contributed by atoms with Crippen molar-refractivity contribution in [1.82, 2.24) is 0 Å². The monoisotopic (exact) mass is 386 g/mol. The first-order valence-corrected chi connectivity index (χ1v) is 11.2. The second-order valence-corrected chi connectivity index (χ2v) is 9.94. The lowest BCUT2D eigenvalue weighted by Gasteiger charge is -2.45. The van der Waals surface area contributed by atoms with Crippen LogP contribution in [-0.2, 0) is 15.1 Å². The van der Waals surface area contributed by atoms with Crippen LogP contribution in [0.3, 0.4) is 0 Å². The van der Waals surface area contributed by atoms with Crippen LogP contribution in [0.2, 0.25) is 0 Å².